The molecule has 19 heavy (non-hydrogen) atoms. The lowest BCUT2D eigenvalue weighted by Gasteiger charge is -2.09. The summed E-state index contributed by atoms with van der Waals surface area (Å²) in [6, 6.07) is 6.18. The third-order valence-corrected chi connectivity index (χ3v) is 3.46. The maximum Gasteiger partial charge on any atom is 0.337 e. The molecule has 0 N–H and O–H groups in total. The first-order chi connectivity index (χ1) is 8.95. The Hall–Kier alpha value is -1.77. The third-order valence-electron chi connectivity index (χ3n) is 3.46. The van der Waals surface area contributed by atoms with Gasteiger partial charge < -0.3 is 9.30 Å². The maximum absolute atomic E-state index is 11.6. The van der Waals surface area contributed by atoms with Gasteiger partial charge in [0.1, 0.15) is 0 Å². The van der Waals surface area contributed by atoms with Crippen molar-refractivity contribution < 1.29 is 9.53 Å². The van der Waals surface area contributed by atoms with Gasteiger partial charge in [0, 0.05) is 23.1 Å². The number of benzene rings is 1. The topological polar surface area (TPSA) is 31.2 Å². The first kappa shape index (κ1) is 13.7. The summed E-state index contributed by atoms with van der Waals surface area (Å²) in [6.45, 7) is 8.67. The Bertz CT molecular complexity index is 608. The van der Waals surface area contributed by atoms with E-state index in [0.29, 0.717) is 17.5 Å². The molecule has 2 aromatic rings. The van der Waals surface area contributed by atoms with E-state index in [1.807, 2.05) is 18.2 Å². The number of ether oxygens (including phenoxy) is 1. The van der Waals surface area contributed by atoms with Crippen molar-refractivity contribution in [3.8, 4) is 0 Å². The smallest absolute Gasteiger partial charge is 0.337 e. The summed E-state index contributed by atoms with van der Waals surface area (Å²) in [4.78, 5) is 11.6. The zero-order valence-electron chi connectivity index (χ0n) is 12.2. The van der Waals surface area contributed by atoms with E-state index in [-0.39, 0.29) is 5.97 Å². The van der Waals surface area contributed by atoms with Gasteiger partial charge in [0.15, 0.2) is 0 Å². The molecule has 0 fully saturated rings. The molecular weight excluding hydrogens is 238 g/mol. The largest absolute Gasteiger partial charge is 0.465 e. The van der Waals surface area contributed by atoms with E-state index >= 15 is 0 Å². The van der Waals surface area contributed by atoms with Gasteiger partial charge in [-0.2, -0.15) is 0 Å². The molecule has 0 saturated carbocycles. The van der Waals surface area contributed by atoms with E-state index < -0.39 is 0 Å². The number of carbonyl (C=O) groups is 1. The van der Waals surface area contributed by atoms with Crippen LogP contribution in [0, 0.1) is 0 Å². The Morgan fingerprint density at radius 2 is 1.89 bits per heavy atom. The number of hydrogen-bond donors (Lipinski definition) is 0. The van der Waals surface area contributed by atoms with Crippen LogP contribution in [0.5, 0.6) is 0 Å². The lowest BCUT2D eigenvalue weighted by molar-refractivity contribution is 0.0601. The van der Waals surface area contributed by atoms with E-state index in [0.717, 1.165) is 5.39 Å². The minimum Gasteiger partial charge on any atom is -0.465 e. The minimum atomic E-state index is -0.283. The molecule has 3 heteroatoms. The van der Waals surface area contributed by atoms with Gasteiger partial charge in [-0.25, -0.2) is 4.79 Å². The van der Waals surface area contributed by atoms with Crippen molar-refractivity contribution in [1.82, 2.24) is 4.57 Å². The van der Waals surface area contributed by atoms with Crippen LogP contribution in [0.4, 0.5) is 0 Å². The highest BCUT2D eigenvalue weighted by Gasteiger charge is 2.15. The molecule has 1 heterocycles. The van der Waals surface area contributed by atoms with Crippen molar-refractivity contribution in [2.24, 2.45) is 0 Å². The molecule has 0 spiro atoms. The van der Waals surface area contributed by atoms with Gasteiger partial charge in [0.2, 0.25) is 0 Å². The Labute approximate surface area is 114 Å². The van der Waals surface area contributed by atoms with Crippen molar-refractivity contribution in [3.63, 3.8) is 0 Å². The molecule has 0 bridgehead atoms. The average molecular weight is 259 g/mol. The highest BCUT2D eigenvalue weighted by atomic mass is 16.5. The van der Waals surface area contributed by atoms with Gasteiger partial charge in [-0.05, 0) is 43.5 Å². The standard InChI is InChI=1S/C16H21NO2/c1-10(2)14-9-17(11(3)4)15-7-6-12(8-13(14)15)16(18)19-5/h6-11H,1-5H3. The van der Waals surface area contributed by atoms with Crippen LogP contribution in [-0.4, -0.2) is 17.6 Å². The van der Waals surface area contributed by atoms with E-state index in [4.69, 9.17) is 4.74 Å². The Morgan fingerprint density at radius 1 is 1.21 bits per heavy atom. The summed E-state index contributed by atoms with van der Waals surface area (Å²) >= 11 is 0. The van der Waals surface area contributed by atoms with Crippen LogP contribution in [-0.2, 0) is 4.74 Å². The van der Waals surface area contributed by atoms with Crippen LogP contribution in [0.2, 0.25) is 0 Å². The summed E-state index contributed by atoms with van der Waals surface area (Å²) in [5.74, 6) is 0.143. The molecular formula is C16H21NO2. The quantitative estimate of drug-likeness (QED) is 0.776. The van der Waals surface area contributed by atoms with Crippen LogP contribution >= 0.6 is 0 Å². The molecule has 0 saturated heterocycles. The highest BCUT2D eigenvalue weighted by Crippen LogP contribution is 2.30. The summed E-state index contributed by atoms with van der Waals surface area (Å²) in [7, 11) is 1.41. The molecule has 1 aromatic carbocycles. The Kier molecular flexibility index (Phi) is 3.65. The Morgan fingerprint density at radius 3 is 2.42 bits per heavy atom. The average Bonchev–Trinajstić information content (AvgIpc) is 2.76. The SMILES string of the molecule is COC(=O)c1ccc2c(c1)c(C(C)C)cn2C(C)C. The number of esters is 1. The van der Waals surface area contributed by atoms with Gasteiger partial charge >= 0.3 is 5.97 Å². The van der Waals surface area contributed by atoms with Crippen molar-refractivity contribution >= 4 is 16.9 Å². The van der Waals surface area contributed by atoms with E-state index in [2.05, 4.69) is 38.5 Å². The van der Waals surface area contributed by atoms with Crippen molar-refractivity contribution in [2.45, 2.75) is 39.7 Å². The van der Waals surface area contributed by atoms with Crippen LogP contribution < -0.4 is 0 Å². The lowest BCUT2D eigenvalue weighted by atomic mass is 10.0. The fourth-order valence-corrected chi connectivity index (χ4v) is 2.41. The number of hydrogen-bond acceptors (Lipinski definition) is 2. The maximum atomic E-state index is 11.6. The first-order valence-electron chi connectivity index (χ1n) is 6.68. The van der Waals surface area contributed by atoms with Crippen molar-refractivity contribution in [2.75, 3.05) is 7.11 Å². The molecule has 102 valence electrons. The fourth-order valence-electron chi connectivity index (χ4n) is 2.41. The number of nitrogens with zero attached hydrogens (tertiary/aromatic N) is 1. The van der Waals surface area contributed by atoms with Crippen molar-refractivity contribution in [1.29, 1.82) is 0 Å². The predicted octanol–water partition coefficient (Wildman–Crippen LogP) is 4.13. The number of aromatic nitrogens is 1. The fraction of sp³-hybridized carbons (Fsp3) is 0.438. The summed E-state index contributed by atoms with van der Waals surface area (Å²) in [6.07, 6.45) is 2.20. The van der Waals surface area contributed by atoms with Crippen LogP contribution in [0.15, 0.2) is 24.4 Å². The molecule has 0 unspecified atom stereocenters. The lowest BCUT2D eigenvalue weighted by Crippen LogP contribution is -2.01. The monoisotopic (exact) mass is 259 g/mol. The molecule has 0 atom stereocenters. The molecule has 1 aromatic heterocycles. The molecule has 0 aliphatic heterocycles. The summed E-state index contributed by atoms with van der Waals surface area (Å²) in [5.41, 5.74) is 3.05. The second-order valence-electron chi connectivity index (χ2n) is 5.46. The van der Waals surface area contributed by atoms with Crippen LogP contribution in [0.1, 0.15) is 55.6 Å². The highest BCUT2D eigenvalue weighted by molar-refractivity contribution is 5.96. The molecule has 0 aliphatic rings. The van der Waals surface area contributed by atoms with Gasteiger partial charge in [-0.3, -0.25) is 0 Å². The zero-order valence-corrected chi connectivity index (χ0v) is 12.2. The molecule has 3 nitrogen and oxygen atoms in total. The van der Waals surface area contributed by atoms with Crippen LogP contribution in [0.3, 0.4) is 0 Å². The number of carbonyl (C=O) groups excluding carboxylic acids is 1. The molecule has 0 radical (unpaired) electrons. The normalized spacial score (nSPS) is 11.5. The summed E-state index contributed by atoms with van der Waals surface area (Å²) in [5, 5.41) is 1.15. The minimum absolute atomic E-state index is 0.283. The van der Waals surface area contributed by atoms with Gasteiger partial charge in [0.05, 0.1) is 12.7 Å². The van der Waals surface area contributed by atoms with Gasteiger partial charge in [0.25, 0.3) is 0 Å². The van der Waals surface area contributed by atoms with E-state index in [9.17, 15) is 4.79 Å². The predicted molar refractivity (Wildman–Crippen MR) is 77.8 cm³/mol. The second kappa shape index (κ2) is 5.08. The van der Waals surface area contributed by atoms with Crippen molar-refractivity contribution in [3.05, 3.63) is 35.5 Å². The second-order valence-corrected chi connectivity index (χ2v) is 5.46. The molecule has 0 aliphatic carbocycles. The van der Waals surface area contributed by atoms with Gasteiger partial charge in [-0.15, -0.1) is 0 Å². The summed E-state index contributed by atoms with van der Waals surface area (Å²) < 4.78 is 7.05. The number of methoxy groups -OCH3 is 1. The number of fused-ring (bicyclic) bond motifs is 1. The van der Waals surface area contributed by atoms with Crippen LogP contribution in [0.25, 0.3) is 10.9 Å². The number of rotatable bonds is 3. The first-order valence-corrected chi connectivity index (χ1v) is 6.68. The van der Waals surface area contributed by atoms with Gasteiger partial charge in [-0.1, -0.05) is 13.8 Å². The Balaban J connectivity index is 2.69. The third kappa shape index (κ3) is 2.37. The van der Waals surface area contributed by atoms with E-state index in [1.165, 1.54) is 18.2 Å². The zero-order chi connectivity index (χ0) is 14.2. The van der Waals surface area contributed by atoms with E-state index in [1.54, 1.807) is 0 Å². The molecule has 2 rings (SSSR count). The molecule has 0 amide bonds.